The van der Waals surface area contributed by atoms with Crippen LogP contribution < -0.4 is 9.47 Å². The maximum Gasteiger partial charge on any atom is 0.312 e. The molecule has 2 aromatic carbocycles. The van der Waals surface area contributed by atoms with Gasteiger partial charge in [0.2, 0.25) is 0 Å². The Balaban J connectivity index is 2.07. The van der Waals surface area contributed by atoms with Gasteiger partial charge >= 0.3 is 11.9 Å². The summed E-state index contributed by atoms with van der Waals surface area (Å²) in [5.41, 5.74) is 1.27. The largest absolute Gasteiger partial charge is 0.508 e. The van der Waals surface area contributed by atoms with Gasteiger partial charge < -0.3 is 19.7 Å². The summed E-state index contributed by atoms with van der Waals surface area (Å²) < 4.78 is 10.7. The Morgan fingerprint density at radius 3 is 1.60 bits per heavy atom. The Bertz CT molecular complexity index is 866. The van der Waals surface area contributed by atoms with Crippen molar-refractivity contribution in [1.82, 2.24) is 0 Å². The van der Waals surface area contributed by atoms with Crippen molar-refractivity contribution in [2.75, 3.05) is 0 Å². The molecule has 2 aliphatic rings. The summed E-state index contributed by atoms with van der Waals surface area (Å²) in [4.78, 5) is 24.7. The van der Waals surface area contributed by atoms with Gasteiger partial charge in [0.15, 0.2) is 0 Å². The molecule has 2 aliphatic heterocycles. The summed E-state index contributed by atoms with van der Waals surface area (Å²) in [5, 5.41) is 19.9. The third-order valence-electron chi connectivity index (χ3n) is 5.11. The van der Waals surface area contributed by atoms with E-state index in [4.69, 9.17) is 9.47 Å². The third kappa shape index (κ3) is 2.03. The zero-order chi connectivity index (χ0) is 17.9. The molecular formula is C19H16O6. The van der Waals surface area contributed by atoms with E-state index in [1.165, 1.54) is 12.1 Å². The molecule has 4 rings (SSSR count). The van der Waals surface area contributed by atoms with Gasteiger partial charge in [0.25, 0.3) is 0 Å². The van der Waals surface area contributed by atoms with Crippen molar-refractivity contribution in [3.63, 3.8) is 0 Å². The fourth-order valence-corrected chi connectivity index (χ4v) is 3.76. The number of phenolic OH excluding ortho intramolecular Hbond substituents is 2. The first-order chi connectivity index (χ1) is 11.8. The van der Waals surface area contributed by atoms with Crippen molar-refractivity contribution < 1.29 is 29.3 Å². The number of esters is 2. The highest BCUT2D eigenvalue weighted by atomic mass is 16.5. The predicted molar refractivity (Wildman–Crippen MR) is 87.0 cm³/mol. The van der Waals surface area contributed by atoms with Gasteiger partial charge in [0.05, 0.1) is 12.8 Å². The summed E-state index contributed by atoms with van der Waals surface area (Å²) in [6, 6.07) is 6.41. The number of aromatic hydroxyl groups is 2. The Labute approximate surface area is 143 Å². The smallest absolute Gasteiger partial charge is 0.312 e. The summed E-state index contributed by atoms with van der Waals surface area (Å²) in [5.74, 6) is -0.362. The molecule has 0 amide bonds. The van der Waals surface area contributed by atoms with Crippen molar-refractivity contribution in [1.29, 1.82) is 0 Å². The number of phenols is 2. The highest BCUT2D eigenvalue weighted by Gasteiger charge is 2.50. The van der Waals surface area contributed by atoms with Gasteiger partial charge in [-0.3, -0.25) is 9.59 Å². The Morgan fingerprint density at radius 1 is 0.800 bits per heavy atom. The lowest BCUT2D eigenvalue weighted by Crippen LogP contribution is -2.43. The molecular weight excluding hydrogens is 324 g/mol. The van der Waals surface area contributed by atoms with Crippen LogP contribution in [0.15, 0.2) is 24.3 Å². The van der Waals surface area contributed by atoms with Crippen LogP contribution in [0.1, 0.15) is 35.1 Å². The van der Waals surface area contributed by atoms with E-state index >= 15 is 0 Å². The first-order valence-electron chi connectivity index (χ1n) is 7.91. The van der Waals surface area contributed by atoms with Gasteiger partial charge in [-0.25, -0.2) is 0 Å². The second-order valence-corrected chi connectivity index (χ2v) is 6.56. The van der Waals surface area contributed by atoms with Crippen LogP contribution in [0, 0.1) is 13.8 Å². The second-order valence-electron chi connectivity index (χ2n) is 6.56. The molecule has 128 valence electrons. The van der Waals surface area contributed by atoms with Crippen LogP contribution >= 0.6 is 0 Å². The normalized spacial score (nSPS) is 17.5. The van der Waals surface area contributed by atoms with E-state index in [1.54, 1.807) is 26.0 Å². The second kappa shape index (κ2) is 4.99. The van der Waals surface area contributed by atoms with E-state index in [2.05, 4.69) is 0 Å². The minimum atomic E-state index is -0.938. The molecule has 6 nitrogen and oxygen atoms in total. The summed E-state index contributed by atoms with van der Waals surface area (Å²) in [6.45, 7) is 3.31. The van der Waals surface area contributed by atoms with Crippen LogP contribution in [0.2, 0.25) is 0 Å². The molecule has 0 saturated carbocycles. The van der Waals surface area contributed by atoms with Crippen LogP contribution in [0.25, 0.3) is 0 Å². The van der Waals surface area contributed by atoms with Gasteiger partial charge in [-0.1, -0.05) is 12.1 Å². The molecule has 2 aromatic rings. The van der Waals surface area contributed by atoms with E-state index in [0.29, 0.717) is 22.3 Å². The first kappa shape index (κ1) is 15.5. The number of fused-ring (bicyclic) bond motifs is 4. The van der Waals surface area contributed by atoms with Crippen LogP contribution in [-0.4, -0.2) is 22.2 Å². The molecule has 0 fully saturated rings. The van der Waals surface area contributed by atoms with Gasteiger partial charge in [-0.15, -0.1) is 0 Å². The molecule has 2 heterocycles. The fourth-order valence-electron chi connectivity index (χ4n) is 3.76. The monoisotopic (exact) mass is 340 g/mol. The zero-order valence-corrected chi connectivity index (χ0v) is 13.8. The molecule has 1 spiro atoms. The van der Waals surface area contributed by atoms with Crippen molar-refractivity contribution in [2.24, 2.45) is 0 Å². The van der Waals surface area contributed by atoms with E-state index in [-0.39, 0.29) is 35.8 Å². The number of hydrogen-bond acceptors (Lipinski definition) is 6. The number of benzene rings is 2. The molecule has 0 bridgehead atoms. The van der Waals surface area contributed by atoms with E-state index < -0.39 is 17.4 Å². The average Bonchev–Trinajstić information content (AvgIpc) is 2.55. The molecule has 6 heteroatoms. The summed E-state index contributed by atoms with van der Waals surface area (Å²) >= 11 is 0. The number of rotatable bonds is 0. The quantitative estimate of drug-likeness (QED) is 0.566. The van der Waals surface area contributed by atoms with Crippen LogP contribution in [0.5, 0.6) is 23.0 Å². The number of carbonyl (C=O) groups is 2. The molecule has 0 aliphatic carbocycles. The molecule has 0 unspecified atom stereocenters. The minimum absolute atomic E-state index is 0.0173. The minimum Gasteiger partial charge on any atom is -0.508 e. The Hall–Kier alpha value is -3.02. The maximum atomic E-state index is 12.3. The van der Waals surface area contributed by atoms with Crippen LogP contribution in [-0.2, 0) is 15.0 Å². The molecule has 25 heavy (non-hydrogen) atoms. The van der Waals surface area contributed by atoms with Crippen molar-refractivity contribution in [2.45, 2.75) is 32.1 Å². The lowest BCUT2D eigenvalue weighted by molar-refractivity contribution is -0.140. The molecule has 0 radical (unpaired) electrons. The molecule has 2 N–H and O–H groups in total. The highest BCUT2D eigenvalue weighted by Crippen LogP contribution is 2.54. The van der Waals surface area contributed by atoms with Crippen molar-refractivity contribution in [3.05, 3.63) is 46.5 Å². The third-order valence-corrected chi connectivity index (χ3v) is 5.11. The Kier molecular flexibility index (Phi) is 3.09. The zero-order valence-electron chi connectivity index (χ0n) is 13.8. The first-order valence-corrected chi connectivity index (χ1v) is 7.91. The lowest BCUT2D eigenvalue weighted by Gasteiger charge is -2.41. The van der Waals surface area contributed by atoms with Crippen LogP contribution in [0.4, 0.5) is 0 Å². The highest BCUT2D eigenvalue weighted by molar-refractivity contribution is 5.87. The van der Waals surface area contributed by atoms with E-state index in [1.807, 2.05) is 0 Å². The van der Waals surface area contributed by atoms with Gasteiger partial charge in [-0.2, -0.15) is 0 Å². The molecule has 0 aromatic heterocycles. The average molecular weight is 340 g/mol. The summed E-state index contributed by atoms with van der Waals surface area (Å²) in [6.07, 6.45) is -0.0347. The maximum absolute atomic E-state index is 12.3. The van der Waals surface area contributed by atoms with Gasteiger partial charge in [-0.05, 0) is 26.0 Å². The fraction of sp³-hybridized carbons (Fsp3) is 0.263. The van der Waals surface area contributed by atoms with E-state index in [0.717, 1.165) is 0 Å². The van der Waals surface area contributed by atoms with Crippen molar-refractivity contribution >= 4 is 11.9 Å². The van der Waals surface area contributed by atoms with Gasteiger partial charge in [0.1, 0.15) is 23.0 Å². The van der Waals surface area contributed by atoms with Crippen LogP contribution in [0.3, 0.4) is 0 Å². The molecule has 0 saturated heterocycles. The number of hydrogen-bond donors (Lipinski definition) is 2. The molecule has 0 atom stereocenters. The van der Waals surface area contributed by atoms with Gasteiger partial charge in [0, 0.05) is 27.7 Å². The predicted octanol–water partition coefficient (Wildman–Crippen LogP) is 2.62. The SMILES string of the molecule is Cc1c(O)ccc2c1OC(=O)CC21CC(=O)Oc2c1ccc(O)c2C. The summed E-state index contributed by atoms with van der Waals surface area (Å²) in [7, 11) is 0. The van der Waals surface area contributed by atoms with E-state index in [9.17, 15) is 19.8 Å². The van der Waals surface area contributed by atoms with Crippen molar-refractivity contribution in [3.8, 4) is 23.0 Å². The topological polar surface area (TPSA) is 93.1 Å². The Morgan fingerprint density at radius 2 is 1.20 bits per heavy atom. The number of carbonyl (C=O) groups excluding carboxylic acids is 2. The lowest BCUT2D eigenvalue weighted by atomic mass is 9.66. The standard InChI is InChI=1S/C19H16O6/c1-9-13(20)5-3-11-17(9)24-15(22)7-19(11)8-16(23)25-18-10(2)14(21)6-4-12(18)19/h3-6,20-21H,7-8H2,1-2H3. The number of ether oxygens (including phenoxy) is 2.